The number of carboxylic acid groups (broad SMARTS) is 1. The van der Waals surface area contributed by atoms with Gasteiger partial charge in [0.2, 0.25) is 11.2 Å². The molecule has 5 rings (SSSR count). The smallest absolute Gasteiger partial charge is 0.341 e. The minimum atomic E-state index is -1.36. The van der Waals surface area contributed by atoms with Crippen molar-refractivity contribution in [3.63, 3.8) is 0 Å². The van der Waals surface area contributed by atoms with E-state index in [9.17, 15) is 14.7 Å². The lowest BCUT2D eigenvalue weighted by molar-refractivity contribution is 0.0694. The number of carbonyl (C=O) groups is 1. The van der Waals surface area contributed by atoms with Gasteiger partial charge in [0.15, 0.2) is 23.1 Å². The number of benzene rings is 1. The molecular formula is C27H30FN5O7. The summed E-state index contributed by atoms with van der Waals surface area (Å²) in [5, 5.41) is 13.7. The normalized spacial score (nSPS) is 17.9. The number of anilines is 1. The van der Waals surface area contributed by atoms with Gasteiger partial charge in [0.1, 0.15) is 17.8 Å². The van der Waals surface area contributed by atoms with Crippen LogP contribution in [0.3, 0.4) is 0 Å². The molecule has 1 aliphatic heterocycles. The van der Waals surface area contributed by atoms with Crippen molar-refractivity contribution in [3.8, 4) is 17.2 Å². The molecule has 3 heterocycles. The lowest BCUT2D eigenvalue weighted by Gasteiger charge is -2.19. The molecule has 2 fully saturated rings. The molecule has 2 aliphatic rings. The van der Waals surface area contributed by atoms with Crippen LogP contribution in [0.15, 0.2) is 34.3 Å². The van der Waals surface area contributed by atoms with Crippen molar-refractivity contribution in [1.29, 1.82) is 0 Å². The standard InChI is InChI=1S/C27H30FN5O7/c1-37-21-6-14(7-22(38-2)24(21)39-3)13-40-31-20-12-32(10-15(20)9-29)26-19(28)8-17-23(34)18(27(35)36)11-33(16-4-5-16)25(17)30-26/h6-8,11,15-16H,4-5,9-10,12-13,29H2,1-3H3,(H,35,36)/b31-20+. The first kappa shape index (κ1) is 27.2. The van der Waals surface area contributed by atoms with E-state index in [4.69, 9.17) is 24.8 Å². The van der Waals surface area contributed by atoms with Crippen molar-refractivity contribution in [2.75, 3.05) is 45.9 Å². The van der Waals surface area contributed by atoms with Gasteiger partial charge in [-0.15, -0.1) is 0 Å². The molecule has 1 aliphatic carbocycles. The molecule has 1 aromatic carbocycles. The second-order valence-electron chi connectivity index (χ2n) is 9.68. The van der Waals surface area contributed by atoms with Crippen LogP contribution in [0.5, 0.6) is 17.2 Å². The third kappa shape index (κ3) is 4.99. The zero-order valence-electron chi connectivity index (χ0n) is 22.3. The van der Waals surface area contributed by atoms with E-state index in [0.29, 0.717) is 29.5 Å². The first-order valence-corrected chi connectivity index (χ1v) is 12.7. The third-order valence-electron chi connectivity index (χ3n) is 7.10. The van der Waals surface area contributed by atoms with Crippen LogP contribution in [0.4, 0.5) is 10.2 Å². The van der Waals surface area contributed by atoms with Crippen LogP contribution in [0.25, 0.3) is 11.0 Å². The zero-order valence-corrected chi connectivity index (χ0v) is 22.3. The lowest BCUT2D eigenvalue weighted by atomic mass is 10.1. The Morgan fingerprint density at radius 2 is 1.88 bits per heavy atom. The Labute approximate surface area is 228 Å². The van der Waals surface area contributed by atoms with Crippen molar-refractivity contribution in [3.05, 3.63) is 51.6 Å². The number of carboxylic acids is 1. The number of hydrogen-bond acceptors (Lipinski definition) is 10. The van der Waals surface area contributed by atoms with E-state index >= 15 is 4.39 Å². The highest BCUT2D eigenvalue weighted by Crippen LogP contribution is 2.39. The Kier molecular flexibility index (Phi) is 7.48. The van der Waals surface area contributed by atoms with Gasteiger partial charge in [-0.1, -0.05) is 5.16 Å². The number of methoxy groups -OCH3 is 3. The number of nitrogens with two attached hydrogens (primary N) is 1. The molecule has 0 spiro atoms. The number of hydrogen-bond donors (Lipinski definition) is 2. The van der Waals surface area contributed by atoms with Gasteiger partial charge in [0, 0.05) is 31.2 Å². The molecule has 2 aromatic heterocycles. The fourth-order valence-corrected chi connectivity index (χ4v) is 4.89. The monoisotopic (exact) mass is 555 g/mol. The molecule has 3 aromatic rings. The molecule has 1 saturated carbocycles. The van der Waals surface area contributed by atoms with Gasteiger partial charge < -0.3 is 39.4 Å². The summed E-state index contributed by atoms with van der Waals surface area (Å²) in [5.41, 5.74) is 6.44. The van der Waals surface area contributed by atoms with Crippen LogP contribution in [-0.4, -0.2) is 67.3 Å². The summed E-state index contributed by atoms with van der Waals surface area (Å²) >= 11 is 0. The number of pyridine rings is 2. The molecule has 13 heteroatoms. The van der Waals surface area contributed by atoms with Crippen molar-refractivity contribution >= 4 is 28.5 Å². The Morgan fingerprint density at radius 3 is 2.45 bits per heavy atom. The summed E-state index contributed by atoms with van der Waals surface area (Å²) in [6, 6.07) is 4.60. The van der Waals surface area contributed by atoms with Gasteiger partial charge >= 0.3 is 5.97 Å². The van der Waals surface area contributed by atoms with Crippen molar-refractivity contribution in [2.24, 2.45) is 16.8 Å². The van der Waals surface area contributed by atoms with Crippen LogP contribution in [0.1, 0.15) is 34.8 Å². The van der Waals surface area contributed by atoms with Crippen molar-refractivity contribution in [2.45, 2.75) is 25.5 Å². The van der Waals surface area contributed by atoms with Gasteiger partial charge in [-0.25, -0.2) is 14.2 Å². The fraction of sp³-hybridized carbons (Fsp3) is 0.407. The van der Waals surface area contributed by atoms with Gasteiger partial charge in [-0.3, -0.25) is 4.79 Å². The minimum Gasteiger partial charge on any atom is -0.493 e. The average molecular weight is 556 g/mol. The third-order valence-corrected chi connectivity index (χ3v) is 7.10. The largest absolute Gasteiger partial charge is 0.493 e. The molecule has 212 valence electrons. The van der Waals surface area contributed by atoms with Gasteiger partial charge in [-0.05, 0) is 36.6 Å². The predicted molar refractivity (Wildman–Crippen MR) is 144 cm³/mol. The molecule has 12 nitrogen and oxygen atoms in total. The summed E-state index contributed by atoms with van der Waals surface area (Å²) in [6.45, 7) is 0.930. The summed E-state index contributed by atoms with van der Waals surface area (Å²) in [6.07, 6.45) is 2.95. The number of fused-ring (bicyclic) bond motifs is 1. The Hall–Kier alpha value is -4.39. The van der Waals surface area contributed by atoms with Crippen molar-refractivity contribution < 1.29 is 33.3 Å². The Balaban J connectivity index is 1.41. The van der Waals surface area contributed by atoms with Gasteiger partial charge in [0.25, 0.3) is 0 Å². The average Bonchev–Trinajstić information content (AvgIpc) is 3.71. The number of oxime groups is 1. The maximum atomic E-state index is 15.3. The van der Waals surface area contributed by atoms with Gasteiger partial charge in [0.05, 0.1) is 39.0 Å². The molecule has 1 saturated heterocycles. The van der Waals surface area contributed by atoms with Crippen LogP contribution in [0.2, 0.25) is 0 Å². The summed E-state index contributed by atoms with van der Waals surface area (Å²) < 4.78 is 33.1. The second kappa shape index (κ2) is 11.0. The van der Waals surface area contributed by atoms with Crippen LogP contribution in [-0.2, 0) is 11.4 Å². The maximum absolute atomic E-state index is 15.3. The first-order chi connectivity index (χ1) is 19.3. The van der Waals surface area contributed by atoms with Crippen LogP contribution < -0.4 is 30.3 Å². The highest BCUT2D eigenvalue weighted by molar-refractivity contribution is 5.95. The molecule has 40 heavy (non-hydrogen) atoms. The number of halogens is 1. The highest BCUT2D eigenvalue weighted by atomic mass is 19.1. The van der Waals surface area contributed by atoms with E-state index in [1.165, 1.54) is 27.5 Å². The summed E-state index contributed by atoms with van der Waals surface area (Å²) in [5.74, 6) is -0.829. The Bertz CT molecular complexity index is 1530. The van der Waals surface area contributed by atoms with E-state index < -0.39 is 22.8 Å². The van der Waals surface area contributed by atoms with E-state index in [1.54, 1.807) is 21.6 Å². The number of ether oxygens (including phenoxy) is 3. The predicted octanol–water partition coefficient (Wildman–Crippen LogP) is 2.56. The molecule has 0 radical (unpaired) electrons. The molecule has 0 amide bonds. The van der Waals surface area contributed by atoms with Gasteiger partial charge in [-0.2, -0.15) is 0 Å². The highest BCUT2D eigenvalue weighted by Gasteiger charge is 2.33. The molecule has 1 atom stereocenters. The molecule has 1 unspecified atom stereocenters. The topological polar surface area (TPSA) is 151 Å². The molecule has 0 bridgehead atoms. The fourth-order valence-electron chi connectivity index (χ4n) is 4.89. The maximum Gasteiger partial charge on any atom is 0.341 e. The lowest BCUT2D eigenvalue weighted by Crippen LogP contribution is -2.26. The van der Waals surface area contributed by atoms with E-state index in [1.807, 2.05) is 0 Å². The second-order valence-corrected chi connectivity index (χ2v) is 9.68. The van der Waals surface area contributed by atoms with E-state index in [0.717, 1.165) is 24.5 Å². The SMILES string of the molecule is COc1cc(CO/N=C2\CN(c3nc4c(cc3F)c(=O)c(C(=O)O)cn4C3CC3)CC2CN)cc(OC)c1OC. The van der Waals surface area contributed by atoms with E-state index in [-0.39, 0.29) is 48.5 Å². The van der Waals surface area contributed by atoms with Crippen LogP contribution in [0, 0.1) is 11.7 Å². The Morgan fingerprint density at radius 1 is 1.18 bits per heavy atom. The van der Waals surface area contributed by atoms with Crippen LogP contribution >= 0.6 is 0 Å². The van der Waals surface area contributed by atoms with Crippen molar-refractivity contribution in [1.82, 2.24) is 9.55 Å². The summed E-state index contributed by atoms with van der Waals surface area (Å²) in [4.78, 5) is 36.2. The quantitative estimate of drug-likeness (QED) is 0.357. The minimum absolute atomic E-state index is 0.0168. The zero-order chi connectivity index (χ0) is 28.6. The van der Waals surface area contributed by atoms with E-state index in [2.05, 4.69) is 10.1 Å². The number of aromatic carboxylic acids is 1. The summed E-state index contributed by atoms with van der Waals surface area (Å²) in [7, 11) is 4.57. The molecule has 3 N–H and O–H groups in total. The number of rotatable bonds is 10. The number of nitrogens with zero attached hydrogens (tertiary/aromatic N) is 4. The molecular weight excluding hydrogens is 525 g/mol. The number of aromatic nitrogens is 2. The first-order valence-electron chi connectivity index (χ1n) is 12.7.